The van der Waals surface area contributed by atoms with Crippen LogP contribution in [-0.2, 0) is 6.42 Å². The zero-order valence-electron chi connectivity index (χ0n) is 11.4. The number of aromatic nitrogens is 3. The van der Waals surface area contributed by atoms with Crippen molar-refractivity contribution in [2.75, 3.05) is 18.4 Å². The molecular formula is C14H21N5. The van der Waals surface area contributed by atoms with Crippen LogP contribution in [0.4, 0.5) is 5.82 Å². The van der Waals surface area contributed by atoms with Gasteiger partial charge in [0.1, 0.15) is 5.82 Å². The highest BCUT2D eigenvalue weighted by molar-refractivity contribution is 5.51. The highest BCUT2D eigenvalue weighted by Gasteiger charge is 2.23. The van der Waals surface area contributed by atoms with Crippen LogP contribution in [0, 0.1) is 0 Å². The Morgan fingerprint density at radius 3 is 2.89 bits per heavy atom. The first-order chi connectivity index (χ1) is 9.31. The van der Waals surface area contributed by atoms with Crippen molar-refractivity contribution >= 4 is 11.5 Å². The monoisotopic (exact) mass is 259 g/mol. The number of hydrogen-bond acceptors (Lipinski definition) is 4. The predicted molar refractivity (Wildman–Crippen MR) is 76.5 cm³/mol. The SMILES string of the molecule is CCc1cc(NCCN)n2nc(C3CCC3)cc2n1. The number of nitrogens with two attached hydrogens (primary N) is 1. The van der Waals surface area contributed by atoms with E-state index in [-0.39, 0.29) is 0 Å². The molecule has 0 atom stereocenters. The van der Waals surface area contributed by atoms with Crippen molar-refractivity contribution in [3.63, 3.8) is 0 Å². The van der Waals surface area contributed by atoms with E-state index in [9.17, 15) is 0 Å². The van der Waals surface area contributed by atoms with Gasteiger partial charge >= 0.3 is 0 Å². The first-order valence-corrected chi connectivity index (χ1v) is 7.15. The van der Waals surface area contributed by atoms with Gasteiger partial charge in [-0.1, -0.05) is 13.3 Å². The third-order valence-corrected chi connectivity index (χ3v) is 3.84. The van der Waals surface area contributed by atoms with Crippen LogP contribution in [0.3, 0.4) is 0 Å². The van der Waals surface area contributed by atoms with Crippen LogP contribution in [0.5, 0.6) is 0 Å². The van der Waals surface area contributed by atoms with E-state index >= 15 is 0 Å². The van der Waals surface area contributed by atoms with E-state index < -0.39 is 0 Å². The molecule has 0 spiro atoms. The Labute approximate surface area is 113 Å². The van der Waals surface area contributed by atoms with Gasteiger partial charge in [0.15, 0.2) is 5.65 Å². The number of fused-ring (bicyclic) bond motifs is 1. The molecule has 19 heavy (non-hydrogen) atoms. The van der Waals surface area contributed by atoms with E-state index in [1.807, 2.05) is 4.52 Å². The van der Waals surface area contributed by atoms with Gasteiger partial charge in [-0.15, -0.1) is 0 Å². The minimum atomic E-state index is 0.613. The molecule has 2 heterocycles. The zero-order valence-corrected chi connectivity index (χ0v) is 11.4. The maximum atomic E-state index is 5.57. The van der Waals surface area contributed by atoms with Gasteiger partial charge in [-0.3, -0.25) is 0 Å². The van der Waals surface area contributed by atoms with Gasteiger partial charge in [-0.05, 0) is 19.3 Å². The smallest absolute Gasteiger partial charge is 0.157 e. The lowest BCUT2D eigenvalue weighted by molar-refractivity contribution is 0.410. The van der Waals surface area contributed by atoms with Crippen molar-refractivity contribution in [2.24, 2.45) is 5.73 Å². The second-order valence-electron chi connectivity index (χ2n) is 5.17. The molecule has 0 radical (unpaired) electrons. The molecule has 5 heteroatoms. The molecule has 0 aromatic carbocycles. The third-order valence-electron chi connectivity index (χ3n) is 3.84. The average Bonchev–Trinajstić information content (AvgIpc) is 2.76. The summed E-state index contributed by atoms with van der Waals surface area (Å²) in [5, 5.41) is 8.05. The summed E-state index contributed by atoms with van der Waals surface area (Å²) in [6, 6.07) is 4.21. The molecule has 2 aromatic rings. The largest absolute Gasteiger partial charge is 0.369 e. The quantitative estimate of drug-likeness (QED) is 0.861. The van der Waals surface area contributed by atoms with Crippen molar-refractivity contribution in [3.8, 4) is 0 Å². The summed E-state index contributed by atoms with van der Waals surface area (Å²) in [6.45, 7) is 3.48. The molecule has 1 saturated carbocycles. The molecule has 5 nitrogen and oxygen atoms in total. The minimum absolute atomic E-state index is 0.613. The topological polar surface area (TPSA) is 68.2 Å². The van der Waals surface area contributed by atoms with Crippen LogP contribution < -0.4 is 11.1 Å². The minimum Gasteiger partial charge on any atom is -0.369 e. The van der Waals surface area contributed by atoms with Crippen molar-refractivity contribution in [1.29, 1.82) is 0 Å². The fourth-order valence-corrected chi connectivity index (χ4v) is 2.46. The Bertz CT molecular complexity index is 570. The lowest BCUT2D eigenvalue weighted by Crippen LogP contribution is -2.16. The summed E-state index contributed by atoms with van der Waals surface area (Å²) in [7, 11) is 0. The van der Waals surface area contributed by atoms with Crippen LogP contribution in [0.2, 0.25) is 0 Å². The first kappa shape index (κ1) is 12.4. The zero-order chi connectivity index (χ0) is 13.2. The fourth-order valence-electron chi connectivity index (χ4n) is 2.46. The van der Waals surface area contributed by atoms with Gasteiger partial charge in [-0.25, -0.2) is 4.98 Å². The maximum absolute atomic E-state index is 5.57. The summed E-state index contributed by atoms with van der Waals surface area (Å²) < 4.78 is 1.92. The molecule has 3 rings (SSSR count). The Hall–Kier alpha value is -1.62. The van der Waals surface area contributed by atoms with Crippen molar-refractivity contribution < 1.29 is 0 Å². The summed E-state index contributed by atoms with van der Waals surface area (Å²) in [5.74, 6) is 1.63. The molecule has 102 valence electrons. The first-order valence-electron chi connectivity index (χ1n) is 7.15. The van der Waals surface area contributed by atoms with E-state index in [1.54, 1.807) is 0 Å². The Morgan fingerprint density at radius 2 is 2.26 bits per heavy atom. The van der Waals surface area contributed by atoms with Gasteiger partial charge in [-0.2, -0.15) is 9.61 Å². The number of rotatable bonds is 5. The molecular weight excluding hydrogens is 238 g/mol. The number of nitrogens with one attached hydrogen (secondary N) is 1. The van der Waals surface area contributed by atoms with Crippen molar-refractivity contribution in [1.82, 2.24) is 14.6 Å². The molecule has 0 aliphatic heterocycles. The predicted octanol–water partition coefficient (Wildman–Crippen LogP) is 1.93. The Morgan fingerprint density at radius 1 is 1.42 bits per heavy atom. The number of anilines is 1. The summed E-state index contributed by atoms with van der Waals surface area (Å²) >= 11 is 0. The molecule has 1 aliphatic rings. The standard InChI is InChI=1S/C14H21N5/c1-2-11-8-13(16-7-6-15)19-14(17-11)9-12(18-19)10-4-3-5-10/h8-10,16H,2-7,15H2,1H3. The summed E-state index contributed by atoms with van der Waals surface area (Å²) in [5.41, 5.74) is 8.79. The molecule has 1 fully saturated rings. The van der Waals surface area contributed by atoms with Gasteiger partial charge in [0.25, 0.3) is 0 Å². The Kier molecular flexibility index (Phi) is 3.38. The lowest BCUT2D eigenvalue weighted by atomic mass is 9.83. The number of nitrogens with zero attached hydrogens (tertiary/aromatic N) is 3. The van der Waals surface area contributed by atoms with Crippen molar-refractivity contribution in [3.05, 3.63) is 23.5 Å². The molecule has 1 aliphatic carbocycles. The maximum Gasteiger partial charge on any atom is 0.157 e. The lowest BCUT2D eigenvalue weighted by Gasteiger charge is -2.22. The van der Waals surface area contributed by atoms with Gasteiger partial charge in [0, 0.05) is 36.8 Å². The van der Waals surface area contributed by atoms with Crippen LogP contribution in [0.1, 0.15) is 43.5 Å². The Balaban J connectivity index is 2.02. The van der Waals surface area contributed by atoms with Gasteiger partial charge in [0.2, 0.25) is 0 Å². The number of hydrogen-bond donors (Lipinski definition) is 2. The number of aryl methyl sites for hydroxylation is 1. The van der Waals surface area contributed by atoms with E-state index in [0.717, 1.165) is 30.1 Å². The van der Waals surface area contributed by atoms with Crippen LogP contribution >= 0.6 is 0 Å². The normalized spacial score (nSPS) is 15.7. The van der Waals surface area contributed by atoms with Gasteiger partial charge < -0.3 is 11.1 Å². The molecule has 0 amide bonds. The second kappa shape index (κ2) is 5.17. The van der Waals surface area contributed by atoms with Crippen LogP contribution in [0.15, 0.2) is 12.1 Å². The molecule has 0 unspecified atom stereocenters. The third kappa shape index (κ3) is 2.30. The average molecular weight is 259 g/mol. The molecule has 0 bridgehead atoms. The van der Waals surface area contributed by atoms with Crippen LogP contribution in [0.25, 0.3) is 5.65 Å². The van der Waals surface area contributed by atoms with E-state index in [4.69, 9.17) is 10.8 Å². The highest BCUT2D eigenvalue weighted by Crippen LogP contribution is 2.36. The molecule has 0 saturated heterocycles. The van der Waals surface area contributed by atoms with E-state index in [2.05, 4.69) is 29.4 Å². The fraction of sp³-hybridized carbons (Fsp3) is 0.571. The second-order valence-corrected chi connectivity index (χ2v) is 5.17. The van der Waals surface area contributed by atoms with Crippen LogP contribution in [-0.4, -0.2) is 27.7 Å². The van der Waals surface area contributed by atoms with E-state index in [1.165, 1.54) is 25.0 Å². The van der Waals surface area contributed by atoms with Gasteiger partial charge in [0.05, 0.1) is 5.69 Å². The summed E-state index contributed by atoms with van der Waals surface area (Å²) in [6.07, 6.45) is 4.77. The highest BCUT2D eigenvalue weighted by atomic mass is 15.3. The molecule has 3 N–H and O–H groups in total. The summed E-state index contributed by atoms with van der Waals surface area (Å²) in [4.78, 5) is 4.65. The van der Waals surface area contributed by atoms with Crippen molar-refractivity contribution in [2.45, 2.75) is 38.5 Å². The van der Waals surface area contributed by atoms with E-state index in [0.29, 0.717) is 12.5 Å². The molecule has 2 aromatic heterocycles.